The van der Waals surface area contributed by atoms with Crippen LogP contribution in [-0.2, 0) is 13.2 Å². The Hall–Kier alpha value is -5.56. The number of hydrogen-bond acceptors (Lipinski definition) is 4. The Kier molecular flexibility index (Phi) is 5.34. The number of ether oxygens (including phenoxy) is 2. The maximum Gasteiger partial charge on any atom is 0.262 e. The van der Waals surface area contributed by atoms with E-state index in [1.807, 2.05) is 97.1 Å². The Morgan fingerprint density at radius 2 is 1.02 bits per heavy atom. The molecule has 0 fully saturated rings. The average Bonchev–Trinajstić information content (AvgIpc) is 3.66. The number of benzene rings is 5. The van der Waals surface area contributed by atoms with E-state index in [0.717, 1.165) is 44.0 Å². The van der Waals surface area contributed by atoms with E-state index in [9.17, 15) is 9.59 Å². The lowest BCUT2D eigenvalue weighted by Gasteiger charge is -2.07. The van der Waals surface area contributed by atoms with Crippen molar-refractivity contribution in [3.63, 3.8) is 0 Å². The number of nitrogens with one attached hydrogen (secondary N) is 2. The van der Waals surface area contributed by atoms with Gasteiger partial charge < -0.3 is 19.4 Å². The van der Waals surface area contributed by atoms with Crippen molar-refractivity contribution in [3.05, 3.63) is 119 Å². The number of imide groups is 1. The molecule has 7 heteroatoms. The fourth-order valence-electron chi connectivity index (χ4n) is 6.00. The lowest BCUT2D eigenvalue weighted by molar-refractivity contribution is 0.0694. The fourth-order valence-corrected chi connectivity index (χ4v) is 6.00. The van der Waals surface area contributed by atoms with Crippen LogP contribution in [0.5, 0.6) is 11.5 Å². The molecule has 0 bridgehead atoms. The fraction of sp³-hybridized carbons (Fsp3) is 0.0857. The van der Waals surface area contributed by atoms with Crippen molar-refractivity contribution < 1.29 is 19.1 Å². The molecule has 8 rings (SSSR count). The topological polar surface area (TPSA) is 87.4 Å². The largest absolute Gasteiger partial charge is 0.489 e. The summed E-state index contributed by atoms with van der Waals surface area (Å²) in [5.74, 6) is 0.736. The summed E-state index contributed by atoms with van der Waals surface area (Å²) in [6.45, 7) is 0.849. The number of H-pyrrole nitrogens is 2. The van der Waals surface area contributed by atoms with Gasteiger partial charge in [-0.2, -0.15) is 0 Å². The van der Waals surface area contributed by atoms with Crippen molar-refractivity contribution in [3.8, 4) is 11.5 Å². The standard InChI is InChI=1S/C35H25N3O4/c1-38-34(39)30-28-24-16-22(41-18-20-8-4-2-5-9-20)12-14-26(24)36-32(28)33-29(31(30)35(38)40)25-17-23(13-15-27(25)37-33)42-19-21-10-6-3-7-11-21/h2-17,36-37H,18-19H2,1H3. The summed E-state index contributed by atoms with van der Waals surface area (Å²) in [4.78, 5) is 35.5. The highest BCUT2D eigenvalue weighted by Crippen LogP contribution is 2.44. The molecule has 5 aromatic carbocycles. The van der Waals surface area contributed by atoms with E-state index in [2.05, 4.69) is 9.97 Å². The van der Waals surface area contributed by atoms with E-state index in [0.29, 0.717) is 46.6 Å². The van der Waals surface area contributed by atoms with Crippen LogP contribution >= 0.6 is 0 Å². The zero-order valence-corrected chi connectivity index (χ0v) is 22.7. The van der Waals surface area contributed by atoms with Crippen molar-refractivity contribution in [2.45, 2.75) is 13.2 Å². The SMILES string of the molecule is CN1C(=O)c2c(c3c4cc(OCc5ccccc5)ccc4[nH]c3c3[nH]c4ccc(OCc5ccccc5)cc4c23)C1=O. The molecule has 0 unspecified atom stereocenters. The number of carbonyl (C=O) groups excluding carboxylic acids is 2. The zero-order chi connectivity index (χ0) is 28.4. The Morgan fingerprint density at radius 3 is 1.45 bits per heavy atom. The number of aromatic nitrogens is 2. The van der Waals surface area contributed by atoms with Crippen molar-refractivity contribution in [2.75, 3.05) is 7.05 Å². The first kappa shape index (κ1) is 24.3. The predicted molar refractivity (Wildman–Crippen MR) is 163 cm³/mol. The predicted octanol–water partition coefficient (Wildman–Crippen LogP) is 7.34. The second kappa shape index (κ2) is 9.24. The summed E-state index contributed by atoms with van der Waals surface area (Å²) in [5, 5.41) is 3.09. The van der Waals surface area contributed by atoms with Crippen molar-refractivity contribution in [2.24, 2.45) is 0 Å². The summed E-state index contributed by atoms with van der Waals surface area (Å²) < 4.78 is 12.2. The van der Waals surface area contributed by atoms with E-state index >= 15 is 0 Å². The monoisotopic (exact) mass is 551 g/mol. The molecule has 2 amide bonds. The number of fused-ring (bicyclic) bond motifs is 10. The first-order chi connectivity index (χ1) is 20.6. The number of nitrogens with zero attached hydrogens (tertiary/aromatic N) is 1. The molecule has 7 nitrogen and oxygen atoms in total. The van der Waals surface area contributed by atoms with E-state index in [4.69, 9.17) is 9.47 Å². The highest BCUT2D eigenvalue weighted by Gasteiger charge is 2.39. The molecule has 0 radical (unpaired) electrons. The molecule has 2 aromatic heterocycles. The van der Waals surface area contributed by atoms with E-state index < -0.39 is 0 Å². The Labute approximate surface area is 240 Å². The second-order valence-electron chi connectivity index (χ2n) is 10.6. The van der Waals surface area contributed by atoms with Gasteiger partial charge in [0.2, 0.25) is 0 Å². The molecule has 0 aliphatic carbocycles. The van der Waals surface area contributed by atoms with Crippen LogP contribution in [-0.4, -0.2) is 33.7 Å². The number of rotatable bonds is 6. The van der Waals surface area contributed by atoms with Gasteiger partial charge >= 0.3 is 0 Å². The average molecular weight is 552 g/mol. The van der Waals surface area contributed by atoms with Crippen molar-refractivity contribution in [1.29, 1.82) is 0 Å². The van der Waals surface area contributed by atoms with E-state index in [1.165, 1.54) is 11.9 Å². The smallest absolute Gasteiger partial charge is 0.262 e. The van der Waals surface area contributed by atoms with Gasteiger partial charge in [0.25, 0.3) is 11.8 Å². The molecular weight excluding hydrogens is 526 g/mol. The molecule has 1 aliphatic heterocycles. The van der Waals surface area contributed by atoms with Crippen LogP contribution in [0, 0.1) is 0 Å². The normalized spacial score (nSPS) is 13.1. The van der Waals surface area contributed by atoms with Crippen LogP contribution in [0.1, 0.15) is 31.8 Å². The van der Waals surface area contributed by atoms with Crippen LogP contribution < -0.4 is 9.47 Å². The van der Waals surface area contributed by atoms with Crippen LogP contribution in [0.2, 0.25) is 0 Å². The quantitative estimate of drug-likeness (QED) is 0.212. The number of aromatic amines is 2. The van der Waals surface area contributed by atoms with Crippen molar-refractivity contribution >= 4 is 55.4 Å². The van der Waals surface area contributed by atoms with Gasteiger partial charge in [0.05, 0.1) is 22.2 Å². The molecule has 2 N–H and O–H groups in total. The van der Waals surface area contributed by atoms with Crippen LogP contribution in [0.3, 0.4) is 0 Å². The molecule has 42 heavy (non-hydrogen) atoms. The van der Waals surface area contributed by atoms with Gasteiger partial charge in [0, 0.05) is 39.6 Å². The van der Waals surface area contributed by atoms with Crippen LogP contribution in [0.25, 0.3) is 43.6 Å². The van der Waals surface area contributed by atoms with Crippen molar-refractivity contribution in [1.82, 2.24) is 14.9 Å². The first-order valence-electron chi connectivity index (χ1n) is 13.8. The zero-order valence-electron chi connectivity index (χ0n) is 22.7. The highest BCUT2D eigenvalue weighted by atomic mass is 16.5. The lowest BCUT2D eigenvalue weighted by Crippen LogP contribution is -2.24. The third-order valence-electron chi connectivity index (χ3n) is 8.07. The van der Waals surface area contributed by atoms with Gasteiger partial charge in [-0.1, -0.05) is 60.7 Å². The van der Waals surface area contributed by atoms with Gasteiger partial charge in [0.1, 0.15) is 24.7 Å². The summed E-state index contributed by atoms with van der Waals surface area (Å²) in [7, 11) is 1.54. The Bertz CT molecular complexity index is 2040. The first-order valence-corrected chi connectivity index (χ1v) is 13.8. The summed E-state index contributed by atoms with van der Waals surface area (Å²) in [6.07, 6.45) is 0. The minimum Gasteiger partial charge on any atom is -0.489 e. The number of carbonyl (C=O) groups is 2. The third-order valence-corrected chi connectivity index (χ3v) is 8.07. The molecule has 7 aromatic rings. The molecule has 204 valence electrons. The van der Waals surface area contributed by atoms with E-state index in [1.54, 1.807) is 0 Å². The van der Waals surface area contributed by atoms with Gasteiger partial charge in [-0.3, -0.25) is 14.5 Å². The summed E-state index contributed by atoms with van der Waals surface area (Å²) >= 11 is 0. The molecular formula is C35H25N3O4. The summed E-state index contributed by atoms with van der Waals surface area (Å²) in [5.41, 5.74) is 6.20. The lowest BCUT2D eigenvalue weighted by atomic mass is 9.96. The molecule has 0 saturated heterocycles. The maximum atomic E-state index is 13.6. The van der Waals surface area contributed by atoms with Gasteiger partial charge in [-0.05, 0) is 47.5 Å². The number of hydrogen-bond donors (Lipinski definition) is 2. The molecule has 0 spiro atoms. The maximum absolute atomic E-state index is 13.6. The van der Waals surface area contributed by atoms with Gasteiger partial charge in [-0.25, -0.2) is 0 Å². The van der Waals surface area contributed by atoms with Gasteiger partial charge in [0.15, 0.2) is 0 Å². The van der Waals surface area contributed by atoms with E-state index in [-0.39, 0.29) is 11.8 Å². The second-order valence-corrected chi connectivity index (χ2v) is 10.6. The van der Waals surface area contributed by atoms with Gasteiger partial charge in [-0.15, -0.1) is 0 Å². The van der Waals surface area contributed by atoms with Crippen LogP contribution in [0.15, 0.2) is 97.1 Å². The minimum atomic E-state index is -0.316. The molecule has 0 atom stereocenters. The minimum absolute atomic E-state index is 0.316. The molecule has 0 saturated carbocycles. The Balaban J connectivity index is 1.31. The molecule has 3 heterocycles. The molecule has 1 aliphatic rings. The highest BCUT2D eigenvalue weighted by molar-refractivity contribution is 6.39. The summed E-state index contributed by atoms with van der Waals surface area (Å²) in [6, 6.07) is 31.6. The number of amides is 2. The third kappa shape index (κ3) is 3.67. The Morgan fingerprint density at radius 1 is 0.595 bits per heavy atom. The van der Waals surface area contributed by atoms with Crippen LogP contribution in [0.4, 0.5) is 0 Å².